The lowest BCUT2D eigenvalue weighted by molar-refractivity contribution is 0.102. The van der Waals surface area contributed by atoms with E-state index in [0.717, 1.165) is 12.1 Å². The molecule has 0 fully saturated rings. The van der Waals surface area contributed by atoms with Crippen LogP contribution in [0.5, 0.6) is 5.75 Å². The van der Waals surface area contributed by atoms with E-state index in [2.05, 4.69) is 25.5 Å². The maximum Gasteiger partial charge on any atom is 0.260 e. The smallest absolute Gasteiger partial charge is 0.260 e. The van der Waals surface area contributed by atoms with Gasteiger partial charge in [0.05, 0.1) is 18.0 Å². The van der Waals surface area contributed by atoms with E-state index >= 15 is 0 Å². The standard InChI is InChI=1S/C19H20N6O2/c1-4-13-7-6-8-17(22-13)23-19(26)16-9-15(27-14(5-2)10-20-3)11-25-12-21-24-18(16)25/h5-12H,4H2,1-3H3,(H,22,23,26). The highest BCUT2D eigenvalue weighted by Crippen LogP contribution is 2.20. The predicted octanol–water partition coefficient (Wildman–Crippen LogP) is 2.92. The van der Waals surface area contributed by atoms with Gasteiger partial charge in [0.25, 0.3) is 5.91 Å². The molecule has 1 N–H and O–H groups in total. The van der Waals surface area contributed by atoms with E-state index < -0.39 is 0 Å². The van der Waals surface area contributed by atoms with Gasteiger partial charge in [-0.15, -0.1) is 10.2 Å². The number of carbonyl (C=O) groups excluding carboxylic acids is 1. The summed E-state index contributed by atoms with van der Waals surface area (Å²) in [5.41, 5.74) is 1.66. The minimum absolute atomic E-state index is 0.331. The van der Waals surface area contributed by atoms with Gasteiger partial charge in [-0.25, -0.2) is 4.98 Å². The highest BCUT2D eigenvalue weighted by molar-refractivity contribution is 6.08. The van der Waals surface area contributed by atoms with Crippen molar-refractivity contribution >= 4 is 23.6 Å². The summed E-state index contributed by atoms with van der Waals surface area (Å²) in [4.78, 5) is 21.2. The summed E-state index contributed by atoms with van der Waals surface area (Å²) in [5, 5.41) is 10.7. The Kier molecular flexibility index (Phi) is 5.55. The van der Waals surface area contributed by atoms with Gasteiger partial charge >= 0.3 is 0 Å². The number of pyridine rings is 2. The van der Waals surface area contributed by atoms with Crippen LogP contribution >= 0.6 is 0 Å². The zero-order valence-electron chi connectivity index (χ0n) is 15.4. The highest BCUT2D eigenvalue weighted by Gasteiger charge is 2.16. The van der Waals surface area contributed by atoms with Crippen LogP contribution in [0.2, 0.25) is 0 Å². The van der Waals surface area contributed by atoms with E-state index in [-0.39, 0.29) is 5.91 Å². The van der Waals surface area contributed by atoms with Gasteiger partial charge in [-0.3, -0.25) is 14.2 Å². The minimum Gasteiger partial charge on any atom is -0.455 e. The number of aryl methyl sites for hydroxylation is 1. The Hall–Kier alpha value is -3.55. The monoisotopic (exact) mass is 364 g/mol. The quantitative estimate of drug-likeness (QED) is 0.536. The molecular weight excluding hydrogens is 344 g/mol. The topological polar surface area (TPSA) is 93.8 Å². The highest BCUT2D eigenvalue weighted by atomic mass is 16.5. The molecule has 138 valence electrons. The first-order valence-corrected chi connectivity index (χ1v) is 8.51. The van der Waals surface area contributed by atoms with Crippen LogP contribution in [0, 0.1) is 0 Å². The number of aliphatic imine (C=N–C) groups is 1. The number of carbonyl (C=O) groups is 1. The molecule has 3 aromatic heterocycles. The number of aromatic nitrogens is 4. The molecule has 3 aromatic rings. The van der Waals surface area contributed by atoms with Gasteiger partial charge in [0.2, 0.25) is 0 Å². The number of ether oxygens (including phenoxy) is 1. The number of rotatable bonds is 6. The number of hydrogen-bond acceptors (Lipinski definition) is 6. The molecule has 8 nitrogen and oxygen atoms in total. The molecule has 1 amide bonds. The van der Waals surface area contributed by atoms with Crippen LogP contribution in [0.1, 0.15) is 29.9 Å². The van der Waals surface area contributed by atoms with E-state index in [1.54, 1.807) is 42.1 Å². The van der Waals surface area contributed by atoms with Crippen molar-refractivity contribution in [1.82, 2.24) is 19.6 Å². The molecule has 0 radical (unpaired) electrons. The van der Waals surface area contributed by atoms with Gasteiger partial charge in [0, 0.05) is 12.7 Å². The van der Waals surface area contributed by atoms with E-state index in [0.29, 0.717) is 28.5 Å². The normalized spacial score (nSPS) is 11.9. The maximum absolute atomic E-state index is 12.8. The predicted molar refractivity (Wildman–Crippen MR) is 103 cm³/mol. The zero-order chi connectivity index (χ0) is 19.2. The SMILES string of the molecule is CC=C(C=NC)Oc1cc(C(=O)Nc2cccc(CC)n2)c2nncn2c1. The fourth-order valence-corrected chi connectivity index (χ4v) is 2.49. The lowest BCUT2D eigenvalue weighted by atomic mass is 10.2. The molecule has 0 aliphatic carbocycles. The Morgan fingerprint density at radius 3 is 3.00 bits per heavy atom. The Morgan fingerprint density at radius 2 is 2.26 bits per heavy atom. The number of amides is 1. The second kappa shape index (κ2) is 8.22. The number of fused-ring (bicyclic) bond motifs is 1. The lowest BCUT2D eigenvalue weighted by Gasteiger charge is -2.10. The summed E-state index contributed by atoms with van der Waals surface area (Å²) in [5.74, 6) is 1.17. The molecule has 3 rings (SSSR count). The summed E-state index contributed by atoms with van der Waals surface area (Å²) >= 11 is 0. The van der Waals surface area contributed by atoms with Crippen molar-refractivity contribution in [1.29, 1.82) is 0 Å². The summed E-state index contributed by atoms with van der Waals surface area (Å²) in [6.45, 7) is 3.85. The van der Waals surface area contributed by atoms with Crippen molar-refractivity contribution in [3.63, 3.8) is 0 Å². The molecule has 0 atom stereocenters. The molecule has 0 aromatic carbocycles. The van der Waals surface area contributed by atoms with Gasteiger partial charge in [0.15, 0.2) is 5.65 Å². The summed E-state index contributed by atoms with van der Waals surface area (Å²) in [6.07, 6.45) is 7.37. The Morgan fingerprint density at radius 1 is 1.41 bits per heavy atom. The third-order valence-electron chi connectivity index (χ3n) is 3.80. The Labute approximate surface area is 156 Å². The Bertz CT molecular complexity index is 1020. The summed E-state index contributed by atoms with van der Waals surface area (Å²) < 4.78 is 7.43. The molecule has 8 heteroatoms. The third kappa shape index (κ3) is 4.17. The lowest BCUT2D eigenvalue weighted by Crippen LogP contribution is -2.15. The maximum atomic E-state index is 12.8. The van der Waals surface area contributed by atoms with Crippen LogP contribution in [-0.4, -0.2) is 38.8 Å². The molecular formula is C19H20N6O2. The molecule has 0 saturated heterocycles. The second-order valence-corrected chi connectivity index (χ2v) is 5.65. The molecule has 0 aliphatic rings. The van der Waals surface area contributed by atoms with Crippen LogP contribution in [0.3, 0.4) is 0 Å². The summed E-state index contributed by atoms with van der Waals surface area (Å²) in [6, 6.07) is 7.13. The third-order valence-corrected chi connectivity index (χ3v) is 3.80. The number of allylic oxidation sites excluding steroid dienone is 2. The first kappa shape index (κ1) is 18.2. The molecule has 0 spiro atoms. The Balaban J connectivity index is 1.94. The first-order chi connectivity index (χ1) is 13.1. The molecule has 3 heterocycles. The number of nitrogens with one attached hydrogen (secondary N) is 1. The average Bonchev–Trinajstić information content (AvgIpc) is 3.15. The second-order valence-electron chi connectivity index (χ2n) is 5.65. The molecule has 0 bridgehead atoms. The van der Waals surface area contributed by atoms with Crippen LogP contribution < -0.4 is 10.1 Å². The van der Waals surface area contributed by atoms with Gasteiger partial charge in [-0.1, -0.05) is 13.0 Å². The van der Waals surface area contributed by atoms with Gasteiger partial charge in [-0.05, 0) is 37.6 Å². The van der Waals surface area contributed by atoms with Crippen LogP contribution in [0.25, 0.3) is 5.65 Å². The molecule has 0 aliphatic heterocycles. The van der Waals surface area contributed by atoms with E-state index in [1.807, 2.05) is 26.0 Å². The fourth-order valence-electron chi connectivity index (χ4n) is 2.49. The van der Waals surface area contributed by atoms with Crippen molar-refractivity contribution in [3.8, 4) is 5.75 Å². The van der Waals surface area contributed by atoms with E-state index in [1.165, 1.54) is 6.33 Å². The minimum atomic E-state index is -0.342. The molecule has 27 heavy (non-hydrogen) atoms. The average molecular weight is 364 g/mol. The van der Waals surface area contributed by atoms with Crippen molar-refractivity contribution in [2.45, 2.75) is 20.3 Å². The van der Waals surface area contributed by atoms with Gasteiger partial charge in [0.1, 0.15) is 23.7 Å². The van der Waals surface area contributed by atoms with E-state index in [4.69, 9.17) is 4.74 Å². The van der Waals surface area contributed by atoms with Gasteiger partial charge < -0.3 is 10.1 Å². The van der Waals surface area contributed by atoms with Crippen molar-refractivity contribution < 1.29 is 9.53 Å². The number of hydrogen-bond donors (Lipinski definition) is 1. The van der Waals surface area contributed by atoms with Crippen LogP contribution in [-0.2, 0) is 6.42 Å². The fraction of sp³-hybridized carbons (Fsp3) is 0.211. The van der Waals surface area contributed by atoms with Crippen LogP contribution in [0.4, 0.5) is 5.82 Å². The number of nitrogens with zero attached hydrogens (tertiary/aromatic N) is 5. The molecule has 0 saturated carbocycles. The van der Waals surface area contributed by atoms with E-state index in [9.17, 15) is 4.79 Å². The largest absolute Gasteiger partial charge is 0.455 e. The summed E-state index contributed by atoms with van der Waals surface area (Å²) in [7, 11) is 1.66. The van der Waals surface area contributed by atoms with Crippen LogP contribution in [0.15, 0.2) is 53.6 Å². The van der Waals surface area contributed by atoms with Crippen molar-refractivity contribution in [2.75, 3.05) is 12.4 Å². The molecule has 0 unspecified atom stereocenters. The first-order valence-electron chi connectivity index (χ1n) is 8.51. The zero-order valence-corrected chi connectivity index (χ0v) is 15.4. The number of anilines is 1. The van der Waals surface area contributed by atoms with Gasteiger partial charge in [-0.2, -0.15) is 0 Å². The van der Waals surface area contributed by atoms with Crippen molar-refractivity contribution in [3.05, 3.63) is 59.9 Å². The van der Waals surface area contributed by atoms with Crippen molar-refractivity contribution in [2.24, 2.45) is 4.99 Å².